The molecule has 1 saturated heterocycles. The Morgan fingerprint density at radius 1 is 1.53 bits per heavy atom. The molecule has 2 heterocycles. The van der Waals surface area contributed by atoms with Crippen LogP contribution in [0.1, 0.15) is 11.7 Å². The van der Waals surface area contributed by atoms with Gasteiger partial charge >= 0.3 is 5.69 Å². The number of rotatable bonds is 3. The molecule has 8 nitrogen and oxygen atoms in total. The van der Waals surface area contributed by atoms with Gasteiger partial charge < -0.3 is 24.7 Å². The Kier molecular flexibility index (Phi) is 3.85. The van der Waals surface area contributed by atoms with Crippen LogP contribution in [0.2, 0.25) is 0 Å². The van der Waals surface area contributed by atoms with E-state index in [1.165, 1.54) is 20.4 Å². The highest BCUT2D eigenvalue weighted by Gasteiger charge is 2.45. The van der Waals surface area contributed by atoms with Crippen molar-refractivity contribution in [3.05, 3.63) is 32.6 Å². The van der Waals surface area contributed by atoms with Crippen molar-refractivity contribution >= 4 is 0 Å². The van der Waals surface area contributed by atoms with Gasteiger partial charge in [-0.05, 0) is 0 Å². The van der Waals surface area contributed by atoms with Gasteiger partial charge in [-0.25, -0.2) is 4.79 Å². The summed E-state index contributed by atoms with van der Waals surface area (Å²) in [6.45, 7) is -0.388. The molecule has 0 saturated carbocycles. The second kappa shape index (κ2) is 5.25. The Bertz CT molecular complexity index is 565. The first-order chi connectivity index (χ1) is 9.01. The molecule has 1 aromatic heterocycles. The lowest BCUT2D eigenvalue weighted by molar-refractivity contribution is -0.0241. The quantitative estimate of drug-likeness (QED) is 0.580. The SMILES string of the molecule is CO[C@@H]1[C@H](O)[C@@H](CO)O[C@H]1c1c[nH]c(=O)n(C)c1=O. The molecular weight excluding hydrogens is 256 g/mol. The molecule has 0 radical (unpaired) electrons. The minimum absolute atomic E-state index is 0.170. The molecule has 0 bridgehead atoms. The van der Waals surface area contributed by atoms with Crippen molar-refractivity contribution in [3.8, 4) is 0 Å². The van der Waals surface area contributed by atoms with Crippen LogP contribution in [-0.4, -0.2) is 51.8 Å². The van der Waals surface area contributed by atoms with E-state index in [1.807, 2.05) is 0 Å². The van der Waals surface area contributed by atoms with Gasteiger partial charge in [0.05, 0.1) is 12.2 Å². The predicted octanol–water partition coefficient (Wildman–Crippen LogP) is -2.12. The second-order valence-corrected chi connectivity index (χ2v) is 4.38. The highest BCUT2D eigenvalue weighted by Crippen LogP contribution is 2.33. The number of H-pyrrole nitrogens is 1. The first-order valence-corrected chi connectivity index (χ1v) is 5.77. The zero-order valence-electron chi connectivity index (χ0n) is 10.6. The van der Waals surface area contributed by atoms with Crippen molar-refractivity contribution in [2.75, 3.05) is 13.7 Å². The van der Waals surface area contributed by atoms with E-state index in [0.717, 1.165) is 4.57 Å². The molecule has 0 amide bonds. The third-order valence-corrected chi connectivity index (χ3v) is 3.30. The van der Waals surface area contributed by atoms with Crippen LogP contribution in [0.5, 0.6) is 0 Å². The van der Waals surface area contributed by atoms with Gasteiger partial charge in [0.2, 0.25) is 0 Å². The number of aromatic amines is 1. The summed E-state index contributed by atoms with van der Waals surface area (Å²) >= 11 is 0. The van der Waals surface area contributed by atoms with Crippen LogP contribution < -0.4 is 11.2 Å². The minimum atomic E-state index is -1.04. The summed E-state index contributed by atoms with van der Waals surface area (Å²) in [4.78, 5) is 25.7. The average molecular weight is 272 g/mol. The van der Waals surface area contributed by atoms with E-state index in [-0.39, 0.29) is 12.2 Å². The zero-order valence-corrected chi connectivity index (χ0v) is 10.6. The summed E-state index contributed by atoms with van der Waals surface area (Å²) in [7, 11) is 2.71. The van der Waals surface area contributed by atoms with Crippen LogP contribution >= 0.6 is 0 Å². The standard InChI is InChI=1S/C11H16N2O6/c1-13-10(16)5(3-12-11(13)17)8-9(18-2)7(15)6(4-14)19-8/h3,6-9,14-15H,4H2,1-2H3,(H,12,17)/t6-,7-,8+,9-/m1/s1. The lowest BCUT2D eigenvalue weighted by Crippen LogP contribution is -2.38. The van der Waals surface area contributed by atoms with Gasteiger partial charge in [0.25, 0.3) is 5.56 Å². The van der Waals surface area contributed by atoms with Crippen molar-refractivity contribution in [1.82, 2.24) is 9.55 Å². The van der Waals surface area contributed by atoms with Gasteiger partial charge in [-0.2, -0.15) is 0 Å². The molecule has 4 atom stereocenters. The summed E-state index contributed by atoms with van der Waals surface area (Å²) in [5, 5.41) is 19.0. The molecule has 1 aliphatic rings. The summed E-state index contributed by atoms with van der Waals surface area (Å²) in [5.74, 6) is 0. The molecule has 0 unspecified atom stereocenters. The molecule has 0 aliphatic carbocycles. The van der Waals surface area contributed by atoms with Gasteiger partial charge in [-0.1, -0.05) is 0 Å². The summed E-state index contributed by atoms with van der Waals surface area (Å²) in [5.41, 5.74) is -0.898. The fourth-order valence-electron chi connectivity index (χ4n) is 2.19. The van der Waals surface area contributed by atoms with Gasteiger partial charge in [0.15, 0.2) is 0 Å². The summed E-state index contributed by atoms with van der Waals surface area (Å²) in [6, 6.07) is 0. The van der Waals surface area contributed by atoms with Crippen molar-refractivity contribution in [1.29, 1.82) is 0 Å². The fourth-order valence-corrected chi connectivity index (χ4v) is 2.19. The van der Waals surface area contributed by atoms with E-state index in [4.69, 9.17) is 14.6 Å². The van der Waals surface area contributed by atoms with Gasteiger partial charge in [0, 0.05) is 20.4 Å². The normalized spacial score (nSPS) is 30.7. The van der Waals surface area contributed by atoms with Crippen LogP contribution in [-0.2, 0) is 16.5 Å². The Morgan fingerprint density at radius 2 is 2.21 bits per heavy atom. The van der Waals surface area contributed by atoms with Crippen LogP contribution in [0.3, 0.4) is 0 Å². The molecule has 0 aromatic carbocycles. The zero-order chi connectivity index (χ0) is 14.2. The van der Waals surface area contributed by atoms with Gasteiger partial charge in [0.1, 0.15) is 24.4 Å². The number of nitrogens with zero attached hydrogens (tertiary/aromatic N) is 1. The Labute approximate surface area is 108 Å². The number of aliphatic hydroxyl groups is 2. The third kappa shape index (κ3) is 2.23. The number of aromatic nitrogens is 2. The maximum absolute atomic E-state index is 12.0. The number of hydrogen-bond acceptors (Lipinski definition) is 6. The molecule has 8 heteroatoms. The number of nitrogens with one attached hydrogen (secondary N) is 1. The number of aliphatic hydroxyl groups excluding tert-OH is 2. The van der Waals surface area contributed by atoms with E-state index in [2.05, 4.69) is 4.98 Å². The topological polar surface area (TPSA) is 114 Å². The third-order valence-electron chi connectivity index (χ3n) is 3.30. The molecule has 106 valence electrons. The molecule has 1 aliphatic heterocycles. The first kappa shape index (κ1) is 13.9. The maximum atomic E-state index is 12.0. The smallest absolute Gasteiger partial charge is 0.328 e. The molecule has 3 N–H and O–H groups in total. The number of hydrogen-bond donors (Lipinski definition) is 3. The van der Waals surface area contributed by atoms with Crippen molar-refractivity contribution in [3.63, 3.8) is 0 Å². The number of ether oxygens (including phenoxy) is 2. The Morgan fingerprint density at radius 3 is 2.79 bits per heavy atom. The van der Waals surface area contributed by atoms with Crippen LogP contribution in [0.25, 0.3) is 0 Å². The van der Waals surface area contributed by atoms with E-state index in [9.17, 15) is 14.7 Å². The predicted molar refractivity (Wildman–Crippen MR) is 63.8 cm³/mol. The van der Waals surface area contributed by atoms with Crippen LogP contribution in [0, 0.1) is 0 Å². The van der Waals surface area contributed by atoms with E-state index in [0.29, 0.717) is 0 Å². The first-order valence-electron chi connectivity index (χ1n) is 5.77. The highest BCUT2D eigenvalue weighted by molar-refractivity contribution is 5.14. The van der Waals surface area contributed by atoms with Gasteiger partial charge in [-0.3, -0.25) is 9.36 Å². The van der Waals surface area contributed by atoms with Crippen molar-refractivity contribution in [2.24, 2.45) is 7.05 Å². The van der Waals surface area contributed by atoms with Crippen molar-refractivity contribution < 1.29 is 19.7 Å². The second-order valence-electron chi connectivity index (χ2n) is 4.38. The molecule has 0 spiro atoms. The van der Waals surface area contributed by atoms with Crippen molar-refractivity contribution in [2.45, 2.75) is 24.4 Å². The lowest BCUT2D eigenvalue weighted by atomic mass is 10.0. The van der Waals surface area contributed by atoms with E-state index in [1.54, 1.807) is 0 Å². The average Bonchev–Trinajstić information content (AvgIpc) is 2.72. The maximum Gasteiger partial charge on any atom is 0.328 e. The molecular formula is C11H16N2O6. The molecule has 1 fully saturated rings. The molecule has 2 rings (SSSR count). The molecule has 1 aromatic rings. The summed E-state index contributed by atoms with van der Waals surface area (Å²) < 4.78 is 11.5. The number of methoxy groups -OCH3 is 1. The van der Waals surface area contributed by atoms with Crippen LogP contribution in [0.4, 0.5) is 0 Å². The lowest BCUT2D eigenvalue weighted by Gasteiger charge is -2.18. The Hall–Kier alpha value is -1.48. The van der Waals surface area contributed by atoms with E-state index >= 15 is 0 Å². The van der Waals surface area contributed by atoms with Gasteiger partial charge in [-0.15, -0.1) is 0 Å². The minimum Gasteiger partial charge on any atom is -0.394 e. The monoisotopic (exact) mass is 272 g/mol. The highest BCUT2D eigenvalue weighted by atomic mass is 16.6. The largest absolute Gasteiger partial charge is 0.394 e. The fraction of sp³-hybridized carbons (Fsp3) is 0.636. The molecule has 19 heavy (non-hydrogen) atoms. The van der Waals surface area contributed by atoms with E-state index < -0.39 is 35.7 Å². The van der Waals surface area contributed by atoms with Crippen LogP contribution in [0.15, 0.2) is 15.8 Å². The Balaban J connectivity index is 2.44. The summed E-state index contributed by atoms with van der Waals surface area (Å²) in [6.07, 6.45) is -2.25.